The molecule has 1 aromatic heterocycles. The number of hydrogen-bond acceptors (Lipinski definition) is 3. The Hall–Kier alpha value is -2.62. The first-order chi connectivity index (χ1) is 11.4. The Bertz CT molecular complexity index is 894. The second-order valence-corrected chi connectivity index (χ2v) is 6.67. The fourth-order valence-corrected chi connectivity index (χ4v) is 2.76. The second kappa shape index (κ2) is 6.48. The molecule has 1 N–H and O–H groups in total. The van der Waals surface area contributed by atoms with Crippen LogP contribution in [0.2, 0.25) is 0 Å². The largest absolute Gasteiger partial charge is 0.436 e. The zero-order valence-corrected chi connectivity index (χ0v) is 14.5. The SMILES string of the molecule is Cc1ccc(-c2nc3cc(NC(=O)CC(C)C)ccc3o2)c(C)c1. The third-order valence-electron chi connectivity index (χ3n) is 3.88. The van der Waals surface area contributed by atoms with E-state index in [1.807, 2.05) is 38.1 Å². The van der Waals surface area contributed by atoms with Crippen LogP contribution >= 0.6 is 0 Å². The average molecular weight is 322 g/mol. The van der Waals surface area contributed by atoms with Crippen LogP contribution in [-0.4, -0.2) is 10.9 Å². The number of fused-ring (bicyclic) bond motifs is 1. The van der Waals surface area contributed by atoms with E-state index in [0.29, 0.717) is 23.8 Å². The molecule has 0 spiro atoms. The predicted octanol–water partition coefficient (Wildman–Crippen LogP) is 5.10. The number of oxazole rings is 1. The van der Waals surface area contributed by atoms with Gasteiger partial charge >= 0.3 is 0 Å². The molecule has 24 heavy (non-hydrogen) atoms. The van der Waals surface area contributed by atoms with Crippen LogP contribution in [-0.2, 0) is 4.79 Å². The van der Waals surface area contributed by atoms with Gasteiger partial charge in [0.15, 0.2) is 5.58 Å². The third-order valence-corrected chi connectivity index (χ3v) is 3.88. The molecule has 1 amide bonds. The number of carbonyl (C=O) groups is 1. The van der Waals surface area contributed by atoms with E-state index < -0.39 is 0 Å². The molecule has 0 aliphatic heterocycles. The number of aromatic nitrogens is 1. The maximum atomic E-state index is 11.9. The molecule has 124 valence electrons. The Morgan fingerprint density at radius 3 is 2.67 bits per heavy atom. The Kier molecular flexibility index (Phi) is 4.38. The summed E-state index contributed by atoms with van der Waals surface area (Å²) < 4.78 is 5.88. The molecule has 4 nitrogen and oxygen atoms in total. The molecule has 0 saturated heterocycles. The molecule has 3 rings (SSSR count). The van der Waals surface area contributed by atoms with Gasteiger partial charge in [-0.25, -0.2) is 4.98 Å². The minimum absolute atomic E-state index is 0.0162. The highest BCUT2D eigenvalue weighted by atomic mass is 16.3. The lowest BCUT2D eigenvalue weighted by atomic mass is 10.1. The molecule has 0 bridgehead atoms. The van der Waals surface area contributed by atoms with Gasteiger partial charge in [0.1, 0.15) is 5.52 Å². The third kappa shape index (κ3) is 3.48. The molecular formula is C20H22N2O2. The van der Waals surface area contributed by atoms with Crippen molar-refractivity contribution >= 4 is 22.7 Å². The van der Waals surface area contributed by atoms with Crippen LogP contribution in [0.4, 0.5) is 5.69 Å². The fourth-order valence-electron chi connectivity index (χ4n) is 2.76. The van der Waals surface area contributed by atoms with Gasteiger partial charge in [0.05, 0.1) is 0 Å². The summed E-state index contributed by atoms with van der Waals surface area (Å²) in [6, 6.07) is 11.7. The first-order valence-corrected chi connectivity index (χ1v) is 8.20. The first-order valence-electron chi connectivity index (χ1n) is 8.20. The van der Waals surface area contributed by atoms with E-state index in [1.54, 1.807) is 0 Å². The Morgan fingerprint density at radius 2 is 1.96 bits per heavy atom. The number of benzene rings is 2. The van der Waals surface area contributed by atoms with Crippen molar-refractivity contribution < 1.29 is 9.21 Å². The number of carbonyl (C=O) groups excluding carboxylic acids is 1. The van der Waals surface area contributed by atoms with Gasteiger partial charge < -0.3 is 9.73 Å². The molecular weight excluding hydrogens is 300 g/mol. The van der Waals surface area contributed by atoms with Crippen LogP contribution in [0.3, 0.4) is 0 Å². The topological polar surface area (TPSA) is 55.1 Å². The zero-order valence-electron chi connectivity index (χ0n) is 14.5. The highest BCUT2D eigenvalue weighted by Crippen LogP contribution is 2.28. The maximum absolute atomic E-state index is 11.9. The van der Waals surface area contributed by atoms with Crippen LogP contribution in [0.5, 0.6) is 0 Å². The summed E-state index contributed by atoms with van der Waals surface area (Å²) >= 11 is 0. The molecule has 2 aromatic carbocycles. The lowest BCUT2D eigenvalue weighted by Gasteiger charge is -2.06. The van der Waals surface area contributed by atoms with E-state index in [0.717, 1.165) is 22.3 Å². The Labute approximate surface area is 141 Å². The lowest BCUT2D eigenvalue weighted by Crippen LogP contribution is -2.13. The molecule has 0 unspecified atom stereocenters. The molecule has 4 heteroatoms. The Balaban J connectivity index is 1.90. The van der Waals surface area contributed by atoms with Crippen molar-refractivity contribution in [2.75, 3.05) is 5.32 Å². The number of nitrogens with one attached hydrogen (secondary N) is 1. The maximum Gasteiger partial charge on any atom is 0.227 e. The minimum atomic E-state index is 0.0162. The van der Waals surface area contributed by atoms with Crippen LogP contribution in [0.25, 0.3) is 22.6 Å². The predicted molar refractivity (Wildman–Crippen MR) is 97.0 cm³/mol. The molecule has 0 radical (unpaired) electrons. The Morgan fingerprint density at radius 1 is 1.17 bits per heavy atom. The summed E-state index contributed by atoms with van der Waals surface area (Å²) in [4.78, 5) is 16.5. The normalized spacial score (nSPS) is 11.2. The van der Waals surface area contributed by atoms with Crippen molar-refractivity contribution in [1.82, 2.24) is 4.98 Å². The van der Waals surface area contributed by atoms with Gasteiger partial charge in [-0.1, -0.05) is 31.5 Å². The van der Waals surface area contributed by atoms with Crippen molar-refractivity contribution in [3.63, 3.8) is 0 Å². The van der Waals surface area contributed by atoms with E-state index in [4.69, 9.17) is 4.42 Å². The second-order valence-electron chi connectivity index (χ2n) is 6.67. The molecule has 0 aliphatic carbocycles. The van der Waals surface area contributed by atoms with Crippen molar-refractivity contribution in [3.8, 4) is 11.5 Å². The zero-order chi connectivity index (χ0) is 17.3. The quantitative estimate of drug-likeness (QED) is 0.727. The van der Waals surface area contributed by atoms with Gasteiger partial charge in [-0.2, -0.15) is 0 Å². The van der Waals surface area contributed by atoms with E-state index in [2.05, 4.69) is 36.3 Å². The number of nitrogens with zero attached hydrogens (tertiary/aromatic N) is 1. The molecule has 3 aromatic rings. The van der Waals surface area contributed by atoms with Crippen molar-refractivity contribution in [2.24, 2.45) is 5.92 Å². The van der Waals surface area contributed by atoms with Crippen LogP contribution in [0.15, 0.2) is 40.8 Å². The van der Waals surface area contributed by atoms with E-state index >= 15 is 0 Å². The van der Waals surface area contributed by atoms with E-state index in [-0.39, 0.29) is 5.91 Å². The highest BCUT2D eigenvalue weighted by Gasteiger charge is 2.12. The molecule has 1 heterocycles. The number of rotatable bonds is 4. The number of hydrogen-bond donors (Lipinski definition) is 1. The van der Waals surface area contributed by atoms with Crippen molar-refractivity contribution in [3.05, 3.63) is 47.5 Å². The highest BCUT2D eigenvalue weighted by molar-refractivity contribution is 5.93. The van der Waals surface area contributed by atoms with E-state index in [9.17, 15) is 4.79 Å². The summed E-state index contributed by atoms with van der Waals surface area (Å²) in [6.07, 6.45) is 0.505. The average Bonchev–Trinajstić information content (AvgIpc) is 2.88. The summed E-state index contributed by atoms with van der Waals surface area (Å²) in [7, 11) is 0. The minimum Gasteiger partial charge on any atom is -0.436 e. The number of amides is 1. The van der Waals surface area contributed by atoms with Gasteiger partial charge in [-0.3, -0.25) is 4.79 Å². The summed E-state index contributed by atoms with van der Waals surface area (Å²) in [5, 5.41) is 2.91. The monoisotopic (exact) mass is 322 g/mol. The first kappa shape index (κ1) is 16.2. The van der Waals surface area contributed by atoms with Gasteiger partial charge in [-0.15, -0.1) is 0 Å². The fraction of sp³-hybridized carbons (Fsp3) is 0.300. The summed E-state index contributed by atoms with van der Waals surface area (Å²) in [6.45, 7) is 8.16. The smallest absolute Gasteiger partial charge is 0.227 e. The van der Waals surface area contributed by atoms with Gasteiger partial charge in [0.25, 0.3) is 0 Å². The molecule has 0 atom stereocenters. The van der Waals surface area contributed by atoms with Crippen molar-refractivity contribution in [2.45, 2.75) is 34.1 Å². The summed E-state index contributed by atoms with van der Waals surface area (Å²) in [5.41, 5.74) is 5.53. The molecule has 0 fully saturated rings. The molecule has 0 aliphatic rings. The van der Waals surface area contributed by atoms with E-state index in [1.165, 1.54) is 5.56 Å². The van der Waals surface area contributed by atoms with Crippen LogP contribution in [0.1, 0.15) is 31.4 Å². The van der Waals surface area contributed by atoms with Gasteiger partial charge in [0, 0.05) is 17.7 Å². The standard InChI is InChI=1S/C20H22N2O2/c1-12(2)9-19(23)21-15-6-8-18-17(11-15)22-20(24-18)16-7-5-13(3)10-14(16)4/h5-8,10-12H,9H2,1-4H3,(H,21,23). The van der Waals surface area contributed by atoms with Crippen LogP contribution < -0.4 is 5.32 Å². The van der Waals surface area contributed by atoms with Crippen molar-refractivity contribution in [1.29, 1.82) is 0 Å². The van der Waals surface area contributed by atoms with Gasteiger partial charge in [-0.05, 0) is 49.6 Å². The number of anilines is 1. The molecule has 0 saturated carbocycles. The summed E-state index contributed by atoms with van der Waals surface area (Å²) in [5.74, 6) is 0.951. The van der Waals surface area contributed by atoms with Crippen LogP contribution in [0, 0.1) is 19.8 Å². The lowest BCUT2D eigenvalue weighted by molar-refractivity contribution is -0.116. The number of aryl methyl sites for hydroxylation is 2. The van der Waals surface area contributed by atoms with Gasteiger partial charge in [0.2, 0.25) is 11.8 Å².